The SMILES string of the molecule is C=CCNC(=O)[C@@H]1[C@@H]2CC[C@]3(CC(=O)c4cc(Cl)ccc4O3)[C@@H]21. The molecule has 0 bridgehead atoms. The second-order valence-electron chi connectivity index (χ2n) is 6.70. The number of amides is 1. The standard InChI is InChI=1S/C18H18ClNO3/c1-2-7-20-17(22)15-11-5-6-18(16(11)15)9-13(21)12-8-10(19)3-4-14(12)23-18/h2-4,8,11,15-16H,1,5-7,9H2,(H,20,22)/t11-,15+,16-,18-/m0/s1. The van der Waals surface area contributed by atoms with Crippen LogP contribution in [0, 0.1) is 17.8 Å². The Morgan fingerprint density at radius 1 is 1.52 bits per heavy atom. The molecule has 1 spiro atoms. The molecule has 0 saturated heterocycles. The third-order valence-electron chi connectivity index (χ3n) is 5.42. The second-order valence-corrected chi connectivity index (χ2v) is 7.13. The first-order chi connectivity index (χ1) is 11.1. The first-order valence-corrected chi connectivity index (χ1v) is 8.34. The van der Waals surface area contributed by atoms with Crippen molar-refractivity contribution in [3.05, 3.63) is 41.4 Å². The van der Waals surface area contributed by atoms with Crippen LogP contribution in [0.3, 0.4) is 0 Å². The summed E-state index contributed by atoms with van der Waals surface area (Å²) in [5.74, 6) is 1.15. The van der Waals surface area contributed by atoms with E-state index < -0.39 is 5.60 Å². The first-order valence-electron chi connectivity index (χ1n) is 7.96. The van der Waals surface area contributed by atoms with E-state index in [4.69, 9.17) is 16.3 Å². The summed E-state index contributed by atoms with van der Waals surface area (Å²) >= 11 is 5.97. The Kier molecular flexibility index (Phi) is 3.27. The lowest BCUT2D eigenvalue weighted by Crippen LogP contribution is -2.44. The zero-order valence-corrected chi connectivity index (χ0v) is 13.4. The third kappa shape index (κ3) is 2.19. The number of hydrogen-bond donors (Lipinski definition) is 1. The summed E-state index contributed by atoms with van der Waals surface area (Å²) in [6, 6.07) is 5.17. The van der Waals surface area contributed by atoms with Gasteiger partial charge in [0.2, 0.25) is 5.91 Å². The van der Waals surface area contributed by atoms with E-state index in [-0.39, 0.29) is 23.5 Å². The normalized spacial score (nSPS) is 33.6. The molecular formula is C18H18ClNO3. The van der Waals surface area contributed by atoms with Crippen LogP contribution >= 0.6 is 11.6 Å². The molecule has 2 aliphatic carbocycles. The highest BCUT2D eigenvalue weighted by atomic mass is 35.5. The highest BCUT2D eigenvalue weighted by molar-refractivity contribution is 6.31. The molecule has 5 heteroatoms. The molecule has 4 atom stereocenters. The Hall–Kier alpha value is -1.81. The third-order valence-corrected chi connectivity index (χ3v) is 5.65. The van der Waals surface area contributed by atoms with Crippen LogP contribution in [0.1, 0.15) is 29.6 Å². The van der Waals surface area contributed by atoms with E-state index >= 15 is 0 Å². The van der Waals surface area contributed by atoms with Crippen molar-refractivity contribution in [3.63, 3.8) is 0 Å². The minimum absolute atomic E-state index is 0.0367. The highest BCUT2D eigenvalue weighted by Gasteiger charge is 2.70. The molecule has 2 saturated carbocycles. The monoisotopic (exact) mass is 331 g/mol. The summed E-state index contributed by atoms with van der Waals surface area (Å²) in [5.41, 5.74) is 0.0403. The molecule has 120 valence electrons. The van der Waals surface area contributed by atoms with E-state index in [9.17, 15) is 9.59 Å². The molecule has 1 aliphatic heterocycles. The topological polar surface area (TPSA) is 55.4 Å². The largest absolute Gasteiger partial charge is 0.486 e. The van der Waals surface area contributed by atoms with Gasteiger partial charge in [-0.15, -0.1) is 6.58 Å². The van der Waals surface area contributed by atoms with E-state index in [2.05, 4.69) is 11.9 Å². The minimum atomic E-state index is -0.515. The van der Waals surface area contributed by atoms with E-state index in [1.165, 1.54) is 0 Å². The Morgan fingerprint density at radius 3 is 3.13 bits per heavy atom. The molecule has 4 nitrogen and oxygen atoms in total. The summed E-state index contributed by atoms with van der Waals surface area (Å²) < 4.78 is 6.26. The van der Waals surface area contributed by atoms with Gasteiger partial charge >= 0.3 is 0 Å². The lowest BCUT2D eigenvalue weighted by molar-refractivity contribution is -0.123. The Bertz CT molecular complexity index is 716. The average Bonchev–Trinajstić information content (AvgIpc) is 3.18. The van der Waals surface area contributed by atoms with E-state index in [1.54, 1.807) is 24.3 Å². The highest BCUT2D eigenvalue weighted by Crippen LogP contribution is 2.65. The number of Topliss-reactive ketones (excluding diaryl/α,β-unsaturated/α-hetero) is 1. The van der Waals surface area contributed by atoms with Crippen LogP contribution in [0.15, 0.2) is 30.9 Å². The number of hydrogen-bond acceptors (Lipinski definition) is 3. The molecule has 1 aromatic rings. The molecule has 4 rings (SSSR count). The number of fused-ring (bicyclic) bond motifs is 3. The van der Waals surface area contributed by atoms with Crippen LogP contribution in [-0.2, 0) is 4.79 Å². The van der Waals surface area contributed by atoms with Crippen molar-refractivity contribution in [1.82, 2.24) is 5.32 Å². The maximum atomic E-state index is 12.6. The van der Waals surface area contributed by atoms with E-state index in [0.29, 0.717) is 35.2 Å². The van der Waals surface area contributed by atoms with Crippen LogP contribution < -0.4 is 10.1 Å². The number of ketones is 1. The number of rotatable bonds is 3. The zero-order chi connectivity index (χ0) is 16.2. The van der Waals surface area contributed by atoms with Crippen molar-refractivity contribution in [2.24, 2.45) is 17.8 Å². The lowest BCUT2D eigenvalue weighted by atomic mass is 9.84. The summed E-state index contributed by atoms with van der Waals surface area (Å²) in [6.45, 7) is 4.09. The Morgan fingerprint density at radius 2 is 2.35 bits per heavy atom. The quantitative estimate of drug-likeness (QED) is 0.866. The van der Waals surface area contributed by atoms with E-state index in [0.717, 1.165) is 12.8 Å². The van der Waals surface area contributed by atoms with Crippen molar-refractivity contribution in [2.45, 2.75) is 24.9 Å². The van der Waals surface area contributed by atoms with Crippen molar-refractivity contribution < 1.29 is 14.3 Å². The fourth-order valence-corrected chi connectivity index (χ4v) is 4.60. The van der Waals surface area contributed by atoms with Crippen molar-refractivity contribution in [1.29, 1.82) is 0 Å². The van der Waals surface area contributed by atoms with Gasteiger partial charge in [0, 0.05) is 23.4 Å². The number of nitrogens with one attached hydrogen (secondary N) is 1. The van der Waals surface area contributed by atoms with Gasteiger partial charge in [-0.3, -0.25) is 9.59 Å². The molecule has 1 N–H and O–H groups in total. The second kappa shape index (κ2) is 5.10. The van der Waals surface area contributed by atoms with Gasteiger partial charge in [-0.05, 0) is 37.0 Å². The van der Waals surface area contributed by atoms with Crippen LogP contribution in [0.5, 0.6) is 5.75 Å². The number of carbonyl (C=O) groups is 2. The van der Waals surface area contributed by atoms with Gasteiger partial charge in [-0.1, -0.05) is 17.7 Å². The predicted octanol–water partition coefficient (Wildman–Crippen LogP) is 3.00. The summed E-state index contributed by atoms with van der Waals surface area (Å²) in [5, 5.41) is 3.40. The van der Waals surface area contributed by atoms with Gasteiger partial charge < -0.3 is 10.1 Å². The van der Waals surface area contributed by atoms with Gasteiger partial charge in [0.1, 0.15) is 11.4 Å². The van der Waals surface area contributed by atoms with Gasteiger partial charge in [0.15, 0.2) is 5.78 Å². The Balaban J connectivity index is 1.59. The summed E-state index contributed by atoms with van der Waals surface area (Å²) in [4.78, 5) is 24.8. The average molecular weight is 332 g/mol. The predicted molar refractivity (Wildman–Crippen MR) is 86.7 cm³/mol. The fraction of sp³-hybridized carbons (Fsp3) is 0.444. The van der Waals surface area contributed by atoms with Gasteiger partial charge in [0.05, 0.1) is 12.0 Å². The molecule has 23 heavy (non-hydrogen) atoms. The molecule has 1 amide bonds. The molecule has 0 aromatic heterocycles. The van der Waals surface area contributed by atoms with E-state index in [1.807, 2.05) is 0 Å². The lowest BCUT2D eigenvalue weighted by Gasteiger charge is -2.37. The number of halogens is 1. The number of ether oxygens (including phenoxy) is 1. The van der Waals surface area contributed by atoms with Gasteiger partial charge in [-0.2, -0.15) is 0 Å². The van der Waals surface area contributed by atoms with Crippen molar-refractivity contribution in [2.75, 3.05) is 6.54 Å². The summed E-state index contributed by atoms with van der Waals surface area (Å²) in [6.07, 6.45) is 3.79. The maximum Gasteiger partial charge on any atom is 0.224 e. The van der Waals surface area contributed by atoms with Crippen molar-refractivity contribution in [3.8, 4) is 5.75 Å². The summed E-state index contributed by atoms with van der Waals surface area (Å²) in [7, 11) is 0. The molecule has 2 fully saturated rings. The zero-order valence-electron chi connectivity index (χ0n) is 12.7. The van der Waals surface area contributed by atoms with Crippen LogP contribution in [0.25, 0.3) is 0 Å². The smallest absolute Gasteiger partial charge is 0.224 e. The number of carbonyl (C=O) groups excluding carboxylic acids is 2. The maximum absolute atomic E-state index is 12.6. The molecule has 1 heterocycles. The molecule has 0 unspecified atom stereocenters. The molecule has 1 aromatic carbocycles. The fourth-order valence-electron chi connectivity index (χ4n) is 4.43. The van der Waals surface area contributed by atoms with Crippen LogP contribution in [-0.4, -0.2) is 23.8 Å². The van der Waals surface area contributed by atoms with Gasteiger partial charge in [0.25, 0.3) is 0 Å². The van der Waals surface area contributed by atoms with Crippen molar-refractivity contribution >= 4 is 23.3 Å². The van der Waals surface area contributed by atoms with Crippen LogP contribution in [0.4, 0.5) is 0 Å². The molecule has 3 aliphatic rings. The molecule has 0 radical (unpaired) electrons. The molecular weight excluding hydrogens is 314 g/mol. The number of benzene rings is 1. The van der Waals surface area contributed by atoms with Gasteiger partial charge in [-0.25, -0.2) is 0 Å². The minimum Gasteiger partial charge on any atom is -0.486 e. The van der Waals surface area contributed by atoms with Crippen LogP contribution in [0.2, 0.25) is 5.02 Å². The Labute approximate surface area is 139 Å². The first kappa shape index (κ1) is 14.8.